The first-order chi connectivity index (χ1) is 16.8. The molecular weight excluding hydrogens is 476 g/mol. The second-order valence-corrected chi connectivity index (χ2v) is 7.80. The molecule has 37 heavy (non-hydrogen) atoms. The number of aliphatic hydroxyl groups is 2. The van der Waals surface area contributed by atoms with Crippen LogP contribution in [0.3, 0.4) is 0 Å². The lowest BCUT2D eigenvalue weighted by Gasteiger charge is -2.16. The predicted molar refractivity (Wildman–Crippen MR) is 151 cm³/mol. The third-order valence-corrected chi connectivity index (χ3v) is 5.29. The van der Waals surface area contributed by atoms with Crippen molar-refractivity contribution in [2.45, 2.75) is 60.3 Å². The number of unbranched alkanes of at least 4 members (excludes halogenated alkanes) is 2. The lowest BCUT2D eigenvalue weighted by Crippen LogP contribution is -2.09. The Kier molecular flexibility index (Phi) is 19.4. The van der Waals surface area contributed by atoms with E-state index in [2.05, 4.69) is 5.32 Å². The molecule has 0 spiro atoms. The molecule has 2 aromatic carbocycles. The highest BCUT2D eigenvalue weighted by atomic mass is 16.5. The number of benzene rings is 2. The van der Waals surface area contributed by atoms with E-state index < -0.39 is 0 Å². The summed E-state index contributed by atoms with van der Waals surface area (Å²) in [5.74, 6) is 2.61. The zero-order valence-electron chi connectivity index (χ0n) is 21.5. The summed E-state index contributed by atoms with van der Waals surface area (Å²) in [7, 11) is 6.36. The van der Waals surface area contributed by atoms with E-state index in [9.17, 15) is 4.79 Å². The van der Waals surface area contributed by atoms with E-state index >= 15 is 0 Å². The number of methoxy groups -OCH3 is 4. The van der Waals surface area contributed by atoms with Crippen LogP contribution in [0.4, 0.5) is 11.4 Å². The van der Waals surface area contributed by atoms with E-state index in [0.29, 0.717) is 35.0 Å². The van der Waals surface area contributed by atoms with Gasteiger partial charge >= 0.3 is 0 Å². The third-order valence-electron chi connectivity index (χ3n) is 5.29. The van der Waals surface area contributed by atoms with Crippen LogP contribution in [0.1, 0.15) is 58.6 Å². The van der Waals surface area contributed by atoms with Gasteiger partial charge in [0.05, 0.1) is 34.1 Å². The maximum absolute atomic E-state index is 11.3. The highest BCUT2D eigenvalue weighted by molar-refractivity contribution is 5.90. The maximum atomic E-state index is 11.3. The summed E-state index contributed by atoms with van der Waals surface area (Å²) in [6, 6.07) is 7.18. The zero-order valence-corrected chi connectivity index (χ0v) is 21.5. The van der Waals surface area contributed by atoms with Crippen molar-refractivity contribution in [1.82, 2.24) is 0 Å². The number of rotatable bonds is 13. The van der Waals surface area contributed by atoms with E-state index in [1.165, 1.54) is 6.92 Å². The van der Waals surface area contributed by atoms with Gasteiger partial charge in [-0.1, -0.05) is 14.9 Å². The van der Waals surface area contributed by atoms with Crippen LogP contribution in [0.15, 0.2) is 24.3 Å². The molecule has 2 aromatic rings. The second-order valence-electron chi connectivity index (χ2n) is 7.80. The van der Waals surface area contributed by atoms with Crippen molar-refractivity contribution in [2.24, 2.45) is 0 Å². The van der Waals surface area contributed by atoms with Gasteiger partial charge in [-0.3, -0.25) is 4.79 Å². The van der Waals surface area contributed by atoms with E-state index in [0.717, 1.165) is 49.0 Å². The van der Waals surface area contributed by atoms with Crippen molar-refractivity contribution in [3.8, 4) is 23.0 Å². The van der Waals surface area contributed by atoms with Crippen LogP contribution in [0.5, 0.6) is 23.0 Å². The van der Waals surface area contributed by atoms with E-state index in [1.807, 2.05) is 6.07 Å². The van der Waals surface area contributed by atoms with Gasteiger partial charge < -0.3 is 40.2 Å². The molecule has 0 unspecified atom stereocenters. The van der Waals surface area contributed by atoms with Crippen molar-refractivity contribution in [3.05, 3.63) is 35.4 Å². The van der Waals surface area contributed by atoms with Crippen LogP contribution in [-0.4, -0.2) is 57.8 Å². The van der Waals surface area contributed by atoms with Crippen molar-refractivity contribution < 1.29 is 34.0 Å². The Bertz CT molecular complexity index is 920. The maximum Gasteiger partial charge on any atom is 0.221 e. The number of aliphatic hydroxyl groups excluding tert-OH is 2. The highest BCUT2D eigenvalue weighted by Gasteiger charge is 2.13. The minimum Gasteiger partial charge on any atom is -0.497 e. The number of carbonyl (C=O) groups excluding carboxylic acids is 1. The molecule has 0 fully saturated rings. The van der Waals surface area contributed by atoms with Gasteiger partial charge in [0.2, 0.25) is 5.91 Å². The van der Waals surface area contributed by atoms with E-state index in [4.69, 9.17) is 34.9 Å². The predicted octanol–water partition coefficient (Wildman–Crippen LogP) is 4.85. The fourth-order valence-corrected chi connectivity index (χ4v) is 3.51. The Morgan fingerprint density at radius 2 is 1.22 bits per heavy atom. The van der Waals surface area contributed by atoms with Gasteiger partial charge in [0.25, 0.3) is 0 Å². The van der Waals surface area contributed by atoms with Crippen molar-refractivity contribution in [3.63, 3.8) is 0 Å². The van der Waals surface area contributed by atoms with Gasteiger partial charge in [-0.15, -0.1) is 0 Å². The first-order valence-corrected chi connectivity index (χ1v) is 11.6. The zero-order chi connectivity index (χ0) is 26.2. The molecule has 0 aliphatic carbocycles. The molecule has 5 N–H and O–H groups in total. The molecule has 2 rings (SSSR count). The summed E-state index contributed by atoms with van der Waals surface area (Å²) in [6.07, 6.45) is 4.74. The van der Waals surface area contributed by atoms with Gasteiger partial charge in [0, 0.05) is 61.2 Å². The number of anilines is 2. The number of amides is 1. The van der Waals surface area contributed by atoms with Crippen LogP contribution < -0.4 is 30.0 Å². The molecule has 0 aromatic heterocycles. The molecule has 0 saturated heterocycles. The van der Waals surface area contributed by atoms with E-state index in [-0.39, 0.29) is 34.0 Å². The minimum absolute atomic E-state index is 0. The van der Waals surface area contributed by atoms with Crippen LogP contribution in [0.2, 0.25) is 0 Å². The number of nitrogens with one attached hydrogen (secondary N) is 1. The number of hydrogen-bond donors (Lipinski definition) is 4. The number of nitrogen functional groups attached to an aromatic ring is 1. The molecule has 0 atom stereocenters. The average Bonchev–Trinajstić information content (AvgIpc) is 2.85. The fourth-order valence-electron chi connectivity index (χ4n) is 3.51. The molecule has 0 aliphatic rings. The molecule has 0 saturated carbocycles. The van der Waals surface area contributed by atoms with Crippen molar-refractivity contribution in [1.29, 1.82) is 0 Å². The molecular formula is C28H48N2O7. The van der Waals surface area contributed by atoms with Crippen LogP contribution >= 0.6 is 0 Å². The number of hydrogen-bond acceptors (Lipinski definition) is 8. The topological polar surface area (TPSA) is 133 Å². The lowest BCUT2D eigenvalue weighted by molar-refractivity contribution is -0.114. The van der Waals surface area contributed by atoms with Crippen molar-refractivity contribution in [2.75, 3.05) is 52.7 Å². The molecule has 9 nitrogen and oxygen atoms in total. The SMILES string of the molecule is C.C.COc1cc(N)c(CCCCO)c(OC)c1.COc1cc(NC(C)=O)c(CCCCO)c(OC)c1. The summed E-state index contributed by atoms with van der Waals surface area (Å²) < 4.78 is 20.9. The fraction of sp³-hybridized carbons (Fsp3) is 0.536. The first-order valence-electron chi connectivity index (χ1n) is 11.6. The normalized spacial score (nSPS) is 9.59. The number of nitrogens with two attached hydrogens (primary N) is 1. The average molecular weight is 525 g/mol. The first kappa shape index (κ1) is 36.0. The quantitative estimate of drug-likeness (QED) is 0.216. The Hall–Kier alpha value is -3.17. The van der Waals surface area contributed by atoms with E-state index in [1.54, 1.807) is 46.6 Å². The molecule has 0 radical (unpaired) electrons. The van der Waals surface area contributed by atoms with Gasteiger partial charge in [-0.05, 0) is 38.5 Å². The van der Waals surface area contributed by atoms with Gasteiger partial charge in [-0.25, -0.2) is 0 Å². The molecule has 0 heterocycles. The van der Waals surface area contributed by atoms with Crippen LogP contribution in [-0.2, 0) is 17.6 Å². The largest absolute Gasteiger partial charge is 0.497 e. The molecule has 212 valence electrons. The number of ether oxygens (including phenoxy) is 4. The summed E-state index contributed by atoms with van der Waals surface area (Å²) in [4.78, 5) is 11.3. The monoisotopic (exact) mass is 524 g/mol. The summed E-state index contributed by atoms with van der Waals surface area (Å²) in [5.41, 5.74) is 9.21. The van der Waals surface area contributed by atoms with Gasteiger partial charge in [0.1, 0.15) is 23.0 Å². The summed E-state index contributed by atoms with van der Waals surface area (Å²) in [6.45, 7) is 1.83. The Balaban J connectivity index is 0. The van der Waals surface area contributed by atoms with Gasteiger partial charge in [0.15, 0.2) is 0 Å². The standard InChI is InChI=1S/C14H21NO4.C12H19NO3.2CH4/c1-10(17)15-13-8-11(18-2)9-14(19-3)12(13)6-4-5-7-16;1-15-9-7-11(13)10(5-3-4-6-14)12(8-9)16-2;;/h8-9,16H,4-7H2,1-3H3,(H,15,17);7-8,14H,3-6,13H2,1-2H3;2*1H4. The molecule has 9 heteroatoms. The minimum atomic E-state index is -0.140. The Morgan fingerprint density at radius 3 is 1.65 bits per heavy atom. The van der Waals surface area contributed by atoms with Crippen LogP contribution in [0, 0.1) is 0 Å². The summed E-state index contributed by atoms with van der Waals surface area (Å²) in [5, 5.41) is 20.4. The highest BCUT2D eigenvalue weighted by Crippen LogP contribution is 2.34. The van der Waals surface area contributed by atoms with Crippen LogP contribution in [0.25, 0.3) is 0 Å². The Morgan fingerprint density at radius 1 is 0.757 bits per heavy atom. The second kappa shape index (κ2) is 20.0. The summed E-state index contributed by atoms with van der Waals surface area (Å²) >= 11 is 0. The third kappa shape index (κ3) is 12.1. The molecule has 1 amide bonds. The Labute approximate surface area is 222 Å². The molecule has 0 bridgehead atoms. The smallest absolute Gasteiger partial charge is 0.221 e. The van der Waals surface area contributed by atoms with Crippen molar-refractivity contribution >= 4 is 17.3 Å². The molecule has 0 aliphatic heterocycles. The van der Waals surface area contributed by atoms with Gasteiger partial charge in [-0.2, -0.15) is 0 Å². The number of carbonyl (C=O) groups is 1. The lowest BCUT2D eigenvalue weighted by atomic mass is 10.0.